The topological polar surface area (TPSA) is 72.5 Å². The van der Waals surface area contributed by atoms with E-state index in [0.717, 1.165) is 0 Å². The maximum atomic E-state index is 11.6. The largest absolute Gasteiger partial charge is 0.497 e. The number of ketones is 1. The molecule has 0 spiro atoms. The Balaban J connectivity index is -0.000000496. The average Bonchev–Trinajstić information content (AvgIpc) is 2.57. The lowest BCUT2D eigenvalue weighted by atomic mass is 10.3. The molecule has 0 unspecified atom stereocenters. The van der Waals surface area contributed by atoms with Gasteiger partial charge < -0.3 is 4.74 Å². The average molecular weight is 348 g/mol. The quantitative estimate of drug-likeness (QED) is 0.873. The van der Waals surface area contributed by atoms with Crippen LogP contribution in [0.5, 0.6) is 5.75 Å². The third kappa shape index (κ3) is 14.0. The Morgan fingerprint density at radius 1 is 1.04 bits per heavy atom. The van der Waals surface area contributed by atoms with Crippen LogP contribution in [-0.4, -0.2) is 27.9 Å². The Bertz CT molecular complexity index is 482. The van der Waals surface area contributed by atoms with Gasteiger partial charge in [-0.2, -0.15) is 0 Å². The molecule has 1 N–H and O–H groups in total. The van der Waals surface area contributed by atoms with Crippen molar-refractivity contribution in [1.29, 1.82) is 0 Å². The van der Waals surface area contributed by atoms with Gasteiger partial charge in [0.05, 0.1) is 18.6 Å². The second-order valence-electron chi connectivity index (χ2n) is 3.91. The Morgan fingerprint density at radius 3 is 1.74 bits per heavy atom. The van der Waals surface area contributed by atoms with Crippen molar-refractivity contribution in [3.8, 4) is 5.75 Å². The van der Waals surface area contributed by atoms with Crippen LogP contribution in [0.15, 0.2) is 29.2 Å². The van der Waals surface area contributed by atoms with E-state index in [4.69, 9.17) is 4.74 Å². The Hall–Kier alpha value is -1.40. The van der Waals surface area contributed by atoms with Crippen molar-refractivity contribution in [2.24, 2.45) is 0 Å². The number of benzene rings is 1. The lowest BCUT2D eigenvalue weighted by Crippen LogP contribution is -2.28. The molecule has 0 saturated heterocycles. The standard InChI is InChI=1S/C10H13NO4S.C3H8.2C2H6/c1-8(12)7-11-16(13,14)10-5-3-9(15-2)4-6-10;1-3-2;2*1-2/h3-6,11H,7H2,1-2H3;3H2,1-2H3;2*1-2H3. The van der Waals surface area contributed by atoms with Crippen molar-refractivity contribution in [3.63, 3.8) is 0 Å². The Morgan fingerprint density at radius 2 is 1.43 bits per heavy atom. The van der Waals surface area contributed by atoms with Crippen LogP contribution in [0.2, 0.25) is 0 Å². The zero-order chi connectivity index (χ0) is 18.9. The molecule has 1 aromatic carbocycles. The molecule has 0 radical (unpaired) electrons. The molecule has 6 heteroatoms. The van der Waals surface area contributed by atoms with Gasteiger partial charge in [-0.05, 0) is 31.2 Å². The van der Waals surface area contributed by atoms with Crippen LogP contribution >= 0.6 is 0 Å². The number of carbonyl (C=O) groups excluding carboxylic acids is 1. The fourth-order valence-corrected chi connectivity index (χ4v) is 2.09. The molecule has 0 fully saturated rings. The minimum absolute atomic E-state index is 0.106. The monoisotopic (exact) mass is 347 g/mol. The number of rotatable bonds is 5. The molecule has 0 amide bonds. The van der Waals surface area contributed by atoms with Gasteiger partial charge in [-0.15, -0.1) is 0 Å². The summed E-state index contributed by atoms with van der Waals surface area (Å²) in [4.78, 5) is 10.8. The van der Waals surface area contributed by atoms with Crippen LogP contribution in [0.1, 0.15) is 54.9 Å². The third-order valence-electron chi connectivity index (χ3n) is 1.88. The van der Waals surface area contributed by atoms with Gasteiger partial charge in [-0.3, -0.25) is 4.79 Å². The maximum Gasteiger partial charge on any atom is 0.240 e. The molecule has 1 aromatic rings. The van der Waals surface area contributed by atoms with Crippen molar-refractivity contribution < 1.29 is 17.9 Å². The summed E-state index contributed by atoms with van der Waals surface area (Å²) in [5.74, 6) is 0.336. The van der Waals surface area contributed by atoms with E-state index in [1.165, 1.54) is 32.6 Å². The van der Waals surface area contributed by atoms with Gasteiger partial charge >= 0.3 is 0 Å². The van der Waals surface area contributed by atoms with Crippen LogP contribution < -0.4 is 9.46 Å². The molecule has 0 saturated carbocycles. The first kappa shape index (κ1) is 26.5. The SMILES string of the molecule is CC.CC.CCC.COc1ccc(S(=O)(=O)NCC(C)=O)cc1. The number of hydrogen-bond donors (Lipinski definition) is 1. The second-order valence-corrected chi connectivity index (χ2v) is 5.68. The van der Waals surface area contributed by atoms with E-state index in [1.54, 1.807) is 12.1 Å². The number of ether oxygens (including phenoxy) is 1. The molecule has 0 aliphatic carbocycles. The fraction of sp³-hybridized carbons (Fsp3) is 0.588. The highest BCUT2D eigenvalue weighted by Gasteiger charge is 2.13. The van der Waals surface area contributed by atoms with Crippen molar-refractivity contribution in [1.82, 2.24) is 4.72 Å². The summed E-state index contributed by atoms with van der Waals surface area (Å²) in [6.07, 6.45) is 1.25. The number of carbonyl (C=O) groups is 1. The van der Waals surface area contributed by atoms with E-state index in [1.807, 2.05) is 27.7 Å². The maximum absolute atomic E-state index is 11.6. The molecular formula is C17H33NO4S. The molecular weight excluding hydrogens is 314 g/mol. The number of sulfonamides is 1. The first-order valence-corrected chi connectivity index (χ1v) is 9.48. The molecule has 5 nitrogen and oxygen atoms in total. The predicted molar refractivity (Wildman–Crippen MR) is 97.5 cm³/mol. The highest BCUT2D eigenvalue weighted by atomic mass is 32.2. The zero-order valence-electron chi connectivity index (χ0n) is 15.8. The summed E-state index contributed by atoms with van der Waals surface area (Å²) in [6, 6.07) is 5.92. The summed E-state index contributed by atoms with van der Waals surface area (Å²) >= 11 is 0. The van der Waals surface area contributed by atoms with E-state index >= 15 is 0 Å². The lowest BCUT2D eigenvalue weighted by Gasteiger charge is -2.05. The van der Waals surface area contributed by atoms with Crippen molar-refractivity contribution in [2.45, 2.75) is 59.8 Å². The van der Waals surface area contributed by atoms with Crippen LogP contribution in [0.4, 0.5) is 0 Å². The molecule has 0 bridgehead atoms. The van der Waals surface area contributed by atoms with Crippen LogP contribution in [0, 0.1) is 0 Å². The molecule has 0 aliphatic rings. The number of nitrogens with one attached hydrogen (secondary N) is 1. The summed E-state index contributed by atoms with van der Waals surface area (Å²) in [6.45, 7) is 13.4. The highest BCUT2D eigenvalue weighted by molar-refractivity contribution is 7.89. The van der Waals surface area contributed by atoms with Crippen LogP contribution in [-0.2, 0) is 14.8 Å². The van der Waals surface area contributed by atoms with Crippen LogP contribution in [0.25, 0.3) is 0 Å². The molecule has 0 heterocycles. The first-order valence-electron chi connectivity index (χ1n) is 8.00. The summed E-state index contributed by atoms with van der Waals surface area (Å²) in [5.41, 5.74) is 0. The number of hydrogen-bond acceptors (Lipinski definition) is 4. The van der Waals surface area contributed by atoms with E-state index in [9.17, 15) is 13.2 Å². The molecule has 23 heavy (non-hydrogen) atoms. The molecule has 0 aromatic heterocycles. The summed E-state index contributed by atoms with van der Waals surface area (Å²) in [7, 11) is -2.11. The van der Waals surface area contributed by atoms with Gasteiger partial charge in [0.25, 0.3) is 0 Å². The Labute approximate surface area is 142 Å². The molecule has 1 rings (SSSR count). The molecule has 0 atom stereocenters. The highest BCUT2D eigenvalue weighted by Crippen LogP contribution is 2.14. The van der Waals surface area contributed by atoms with Gasteiger partial charge in [0.2, 0.25) is 10.0 Å². The van der Waals surface area contributed by atoms with Gasteiger partial charge in [-0.25, -0.2) is 13.1 Å². The summed E-state index contributed by atoms with van der Waals surface area (Å²) in [5, 5.41) is 0. The third-order valence-corrected chi connectivity index (χ3v) is 3.30. The summed E-state index contributed by atoms with van der Waals surface area (Å²) < 4.78 is 30.4. The van der Waals surface area contributed by atoms with Crippen molar-refractivity contribution >= 4 is 15.8 Å². The molecule has 136 valence electrons. The van der Waals surface area contributed by atoms with Gasteiger partial charge in [0.15, 0.2) is 0 Å². The van der Waals surface area contributed by atoms with E-state index < -0.39 is 10.0 Å². The number of Topliss-reactive ketones (excluding diaryl/α,β-unsaturated/α-hetero) is 1. The van der Waals surface area contributed by atoms with Gasteiger partial charge in [0.1, 0.15) is 11.5 Å². The Kier molecular flexibility index (Phi) is 19.5. The lowest BCUT2D eigenvalue weighted by molar-refractivity contribution is -0.115. The fourth-order valence-electron chi connectivity index (χ4n) is 1.03. The number of methoxy groups -OCH3 is 1. The van der Waals surface area contributed by atoms with Gasteiger partial charge in [0, 0.05) is 0 Å². The minimum Gasteiger partial charge on any atom is -0.497 e. The smallest absolute Gasteiger partial charge is 0.240 e. The zero-order valence-corrected chi connectivity index (χ0v) is 16.6. The predicted octanol–water partition coefficient (Wildman–Crippen LogP) is 4.03. The molecule has 0 aliphatic heterocycles. The second kappa shape index (κ2) is 17.0. The van der Waals surface area contributed by atoms with Gasteiger partial charge in [-0.1, -0.05) is 48.0 Å². The van der Waals surface area contributed by atoms with Crippen molar-refractivity contribution in [3.05, 3.63) is 24.3 Å². The van der Waals surface area contributed by atoms with E-state index in [0.29, 0.717) is 5.75 Å². The first-order chi connectivity index (χ1) is 10.9. The minimum atomic E-state index is -3.61. The van der Waals surface area contributed by atoms with E-state index in [2.05, 4.69) is 18.6 Å². The van der Waals surface area contributed by atoms with E-state index in [-0.39, 0.29) is 17.2 Å². The normalized spacial score (nSPS) is 9.04. The van der Waals surface area contributed by atoms with Crippen LogP contribution in [0.3, 0.4) is 0 Å². The van der Waals surface area contributed by atoms with Crippen molar-refractivity contribution in [2.75, 3.05) is 13.7 Å².